The Bertz CT molecular complexity index is 391. The van der Waals surface area contributed by atoms with Crippen LogP contribution in [0.15, 0.2) is 12.1 Å². The van der Waals surface area contributed by atoms with Crippen molar-refractivity contribution in [2.75, 3.05) is 13.2 Å². The van der Waals surface area contributed by atoms with E-state index in [2.05, 4.69) is 19.1 Å². The van der Waals surface area contributed by atoms with E-state index in [-0.39, 0.29) is 0 Å². The third kappa shape index (κ3) is 2.69. The molecule has 3 nitrogen and oxygen atoms in total. The van der Waals surface area contributed by atoms with E-state index in [9.17, 15) is 9.90 Å². The van der Waals surface area contributed by atoms with Crippen molar-refractivity contribution in [2.24, 2.45) is 5.41 Å². The summed E-state index contributed by atoms with van der Waals surface area (Å²) in [5.41, 5.74) is -0.700. The van der Waals surface area contributed by atoms with E-state index >= 15 is 0 Å². The van der Waals surface area contributed by atoms with Crippen molar-refractivity contribution < 1.29 is 14.6 Å². The summed E-state index contributed by atoms with van der Waals surface area (Å²) in [5.74, 6) is -0.719. The Hall–Kier alpha value is -0.870. The molecule has 0 spiro atoms. The Morgan fingerprint density at radius 1 is 1.53 bits per heavy atom. The van der Waals surface area contributed by atoms with E-state index < -0.39 is 11.4 Å². The first-order valence-corrected chi connectivity index (χ1v) is 6.87. The van der Waals surface area contributed by atoms with Gasteiger partial charge in [-0.25, -0.2) is 0 Å². The summed E-state index contributed by atoms with van der Waals surface area (Å²) in [4.78, 5) is 14.0. The molecule has 1 saturated heterocycles. The maximum atomic E-state index is 11.5. The number of carboxylic acids is 1. The number of rotatable bonds is 4. The second-order valence-corrected chi connectivity index (χ2v) is 5.89. The van der Waals surface area contributed by atoms with Crippen LogP contribution >= 0.6 is 11.3 Å². The lowest BCUT2D eigenvalue weighted by molar-refractivity contribution is -0.157. The molecule has 2 rings (SSSR count). The largest absolute Gasteiger partial charge is 0.481 e. The van der Waals surface area contributed by atoms with Crippen molar-refractivity contribution >= 4 is 17.3 Å². The van der Waals surface area contributed by atoms with Crippen LogP contribution in [-0.4, -0.2) is 24.3 Å². The molecule has 0 aromatic carbocycles. The minimum absolute atomic E-state index is 0.349. The highest BCUT2D eigenvalue weighted by atomic mass is 32.1. The quantitative estimate of drug-likeness (QED) is 0.898. The molecule has 1 aliphatic rings. The number of ether oxygens (including phenoxy) is 1. The van der Waals surface area contributed by atoms with Crippen LogP contribution in [0, 0.1) is 5.41 Å². The summed E-state index contributed by atoms with van der Waals surface area (Å²) in [6, 6.07) is 4.15. The van der Waals surface area contributed by atoms with Crippen LogP contribution in [0.2, 0.25) is 0 Å². The van der Waals surface area contributed by atoms with Gasteiger partial charge in [0.05, 0.1) is 12.0 Å². The summed E-state index contributed by atoms with van der Waals surface area (Å²) < 4.78 is 5.38. The molecule has 1 fully saturated rings. The maximum Gasteiger partial charge on any atom is 0.312 e. The van der Waals surface area contributed by atoms with Crippen molar-refractivity contribution in [3.05, 3.63) is 21.9 Å². The van der Waals surface area contributed by atoms with E-state index in [1.54, 1.807) is 11.3 Å². The fourth-order valence-electron chi connectivity index (χ4n) is 2.28. The number of aryl methyl sites for hydroxylation is 1. The van der Waals surface area contributed by atoms with E-state index in [0.29, 0.717) is 19.6 Å². The zero-order valence-corrected chi connectivity index (χ0v) is 10.9. The average molecular weight is 254 g/mol. The van der Waals surface area contributed by atoms with Crippen LogP contribution in [0.4, 0.5) is 0 Å². The molecule has 94 valence electrons. The number of hydrogen-bond acceptors (Lipinski definition) is 3. The molecule has 0 amide bonds. The van der Waals surface area contributed by atoms with Gasteiger partial charge in [0, 0.05) is 22.8 Å². The molecule has 1 aromatic rings. The lowest BCUT2D eigenvalue weighted by atomic mass is 9.79. The lowest BCUT2D eigenvalue weighted by Gasteiger charge is -2.32. The number of aliphatic carboxylic acids is 1. The van der Waals surface area contributed by atoms with Crippen molar-refractivity contribution in [1.29, 1.82) is 0 Å². The molecule has 0 aliphatic carbocycles. The van der Waals surface area contributed by atoms with Crippen LogP contribution in [0.3, 0.4) is 0 Å². The Morgan fingerprint density at radius 3 is 2.82 bits per heavy atom. The predicted molar refractivity (Wildman–Crippen MR) is 67.5 cm³/mol. The molecule has 1 unspecified atom stereocenters. The number of thiophene rings is 1. The third-order valence-electron chi connectivity index (χ3n) is 3.35. The minimum atomic E-state index is -0.719. The molecular formula is C13H18O3S. The van der Waals surface area contributed by atoms with Gasteiger partial charge in [0.1, 0.15) is 0 Å². The van der Waals surface area contributed by atoms with Gasteiger partial charge in [-0.2, -0.15) is 0 Å². The molecule has 2 heterocycles. The van der Waals surface area contributed by atoms with Gasteiger partial charge in [-0.05, 0) is 31.4 Å². The fourth-order valence-corrected chi connectivity index (χ4v) is 3.38. The van der Waals surface area contributed by atoms with Crippen LogP contribution in [0.1, 0.15) is 29.5 Å². The molecule has 1 aromatic heterocycles. The van der Waals surface area contributed by atoms with E-state index in [1.807, 2.05) is 0 Å². The van der Waals surface area contributed by atoms with Crippen molar-refractivity contribution in [3.8, 4) is 0 Å². The highest BCUT2D eigenvalue weighted by Crippen LogP contribution is 2.35. The molecule has 4 heteroatoms. The molecular weight excluding hydrogens is 236 g/mol. The zero-order chi connectivity index (χ0) is 12.3. The molecule has 0 radical (unpaired) electrons. The van der Waals surface area contributed by atoms with E-state index in [1.165, 1.54) is 4.88 Å². The van der Waals surface area contributed by atoms with Crippen LogP contribution in [-0.2, 0) is 22.4 Å². The van der Waals surface area contributed by atoms with Gasteiger partial charge < -0.3 is 9.84 Å². The average Bonchev–Trinajstić information content (AvgIpc) is 2.77. The van der Waals surface area contributed by atoms with Crippen LogP contribution < -0.4 is 0 Å². The minimum Gasteiger partial charge on any atom is -0.481 e. The summed E-state index contributed by atoms with van der Waals surface area (Å²) >= 11 is 1.72. The second kappa shape index (κ2) is 5.19. The zero-order valence-electron chi connectivity index (χ0n) is 10.1. The van der Waals surface area contributed by atoms with Crippen LogP contribution in [0.25, 0.3) is 0 Å². The number of carbonyl (C=O) groups is 1. The fraction of sp³-hybridized carbons (Fsp3) is 0.615. The summed E-state index contributed by atoms with van der Waals surface area (Å²) in [7, 11) is 0. The van der Waals surface area contributed by atoms with Gasteiger partial charge in [0.25, 0.3) is 0 Å². The highest BCUT2D eigenvalue weighted by molar-refractivity contribution is 7.12. The van der Waals surface area contributed by atoms with Gasteiger partial charge in [-0.1, -0.05) is 6.92 Å². The van der Waals surface area contributed by atoms with Gasteiger partial charge in [-0.3, -0.25) is 4.79 Å². The molecule has 0 bridgehead atoms. The Kier molecular flexibility index (Phi) is 3.84. The normalized spacial score (nSPS) is 24.8. The maximum absolute atomic E-state index is 11.5. The first kappa shape index (κ1) is 12.6. The Morgan fingerprint density at radius 2 is 2.29 bits per heavy atom. The van der Waals surface area contributed by atoms with Gasteiger partial charge in [0.2, 0.25) is 0 Å². The van der Waals surface area contributed by atoms with Gasteiger partial charge in [0.15, 0.2) is 0 Å². The topological polar surface area (TPSA) is 46.5 Å². The predicted octanol–water partition coefficient (Wildman–Crippen LogP) is 2.73. The van der Waals surface area contributed by atoms with E-state index in [4.69, 9.17) is 4.74 Å². The number of hydrogen-bond donors (Lipinski definition) is 1. The first-order valence-electron chi connectivity index (χ1n) is 6.05. The summed E-state index contributed by atoms with van der Waals surface area (Å²) in [5, 5.41) is 9.44. The smallest absolute Gasteiger partial charge is 0.312 e. The highest BCUT2D eigenvalue weighted by Gasteiger charge is 2.40. The standard InChI is InChI=1S/C13H18O3S/c1-2-10-4-5-11(17-10)8-13(12(14)15)6-3-7-16-9-13/h4-5H,2-3,6-9H2,1H3,(H,14,15). The molecule has 17 heavy (non-hydrogen) atoms. The van der Waals surface area contributed by atoms with Crippen molar-refractivity contribution in [2.45, 2.75) is 32.6 Å². The molecule has 1 N–H and O–H groups in total. The first-order chi connectivity index (χ1) is 8.16. The summed E-state index contributed by atoms with van der Waals surface area (Å²) in [6.45, 7) is 3.16. The van der Waals surface area contributed by atoms with Crippen LogP contribution in [0.5, 0.6) is 0 Å². The van der Waals surface area contributed by atoms with E-state index in [0.717, 1.165) is 24.1 Å². The second-order valence-electron chi connectivity index (χ2n) is 4.64. The molecule has 1 atom stereocenters. The van der Waals surface area contributed by atoms with Crippen molar-refractivity contribution in [1.82, 2.24) is 0 Å². The molecule has 0 saturated carbocycles. The Labute approximate surface area is 105 Å². The van der Waals surface area contributed by atoms with Crippen molar-refractivity contribution in [3.63, 3.8) is 0 Å². The van der Waals surface area contributed by atoms with Gasteiger partial charge >= 0.3 is 5.97 Å². The summed E-state index contributed by atoms with van der Waals surface area (Å²) in [6.07, 6.45) is 3.19. The Balaban J connectivity index is 2.14. The number of carboxylic acid groups (broad SMARTS) is 1. The monoisotopic (exact) mass is 254 g/mol. The van der Waals surface area contributed by atoms with Gasteiger partial charge in [-0.15, -0.1) is 11.3 Å². The third-order valence-corrected chi connectivity index (χ3v) is 4.58. The lowest BCUT2D eigenvalue weighted by Crippen LogP contribution is -2.41. The molecule has 1 aliphatic heterocycles. The SMILES string of the molecule is CCc1ccc(CC2(C(=O)O)CCCOC2)s1.